The van der Waals surface area contributed by atoms with Crippen molar-refractivity contribution in [3.05, 3.63) is 61.4 Å². The van der Waals surface area contributed by atoms with Gasteiger partial charge in [0, 0.05) is 24.2 Å². The van der Waals surface area contributed by atoms with Crippen LogP contribution in [0.2, 0.25) is 5.02 Å². The first-order chi connectivity index (χ1) is 11.7. The fourth-order valence-electron chi connectivity index (χ4n) is 2.84. The summed E-state index contributed by atoms with van der Waals surface area (Å²) >= 11 is 5.79. The number of Topliss-reactive ketones (excluding diaryl/α,β-unsaturated/α-hetero) is 2. The first-order valence-electron chi connectivity index (χ1n) is 7.14. The monoisotopic (exact) mass is 362 g/mol. The highest BCUT2D eigenvalue weighted by molar-refractivity contribution is 6.30. The number of benzene rings is 1. The van der Waals surface area contributed by atoms with Gasteiger partial charge in [-0.15, -0.1) is 0 Å². The van der Waals surface area contributed by atoms with Crippen molar-refractivity contribution in [2.45, 2.75) is 6.42 Å². The van der Waals surface area contributed by atoms with Gasteiger partial charge in [0.05, 0.1) is 5.69 Å². The highest BCUT2D eigenvalue weighted by Gasteiger charge is 2.43. The number of carboxylic acid groups (broad SMARTS) is 1. The summed E-state index contributed by atoms with van der Waals surface area (Å²) in [7, 11) is 1.31. The molecule has 128 valence electrons. The van der Waals surface area contributed by atoms with Gasteiger partial charge in [-0.3, -0.25) is 23.7 Å². The molecule has 0 radical (unpaired) electrons. The molecule has 0 saturated carbocycles. The van der Waals surface area contributed by atoms with Crippen molar-refractivity contribution < 1.29 is 19.5 Å². The molecule has 9 heteroatoms. The van der Waals surface area contributed by atoms with E-state index in [1.165, 1.54) is 31.3 Å². The van der Waals surface area contributed by atoms with Crippen LogP contribution in [0.4, 0.5) is 0 Å². The van der Waals surface area contributed by atoms with E-state index in [2.05, 4.69) is 0 Å². The lowest BCUT2D eigenvalue weighted by Gasteiger charge is -2.22. The van der Waals surface area contributed by atoms with Crippen molar-refractivity contribution in [3.63, 3.8) is 0 Å². The van der Waals surface area contributed by atoms with E-state index in [1.807, 2.05) is 0 Å². The molecule has 1 atom stereocenters. The van der Waals surface area contributed by atoms with Gasteiger partial charge >= 0.3 is 11.7 Å². The van der Waals surface area contributed by atoms with Crippen molar-refractivity contribution in [2.24, 2.45) is 13.0 Å². The van der Waals surface area contributed by atoms with E-state index in [0.29, 0.717) is 5.02 Å². The number of carbonyl (C=O) groups excluding carboxylic acids is 2. The minimum Gasteiger partial charge on any atom is -0.480 e. The van der Waals surface area contributed by atoms with Gasteiger partial charge in [0.15, 0.2) is 17.5 Å². The maximum atomic E-state index is 12.7. The fourth-order valence-corrected chi connectivity index (χ4v) is 2.96. The molecule has 1 aliphatic carbocycles. The largest absolute Gasteiger partial charge is 0.480 e. The summed E-state index contributed by atoms with van der Waals surface area (Å²) < 4.78 is 1.76. The second-order valence-electron chi connectivity index (χ2n) is 5.56. The third-order valence-corrected chi connectivity index (χ3v) is 4.34. The maximum Gasteiger partial charge on any atom is 0.335 e. The fraction of sp³-hybridized carbons (Fsp3) is 0.188. The minimum absolute atomic E-state index is 0.0762. The van der Waals surface area contributed by atoms with E-state index in [1.54, 1.807) is 0 Å². The van der Waals surface area contributed by atoms with E-state index < -0.39 is 46.7 Å². The number of rotatable bonds is 2. The predicted molar refractivity (Wildman–Crippen MR) is 86.5 cm³/mol. The molecule has 0 saturated heterocycles. The van der Waals surface area contributed by atoms with Gasteiger partial charge < -0.3 is 5.11 Å². The molecule has 1 aromatic heterocycles. The average molecular weight is 363 g/mol. The van der Waals surface area contributed by atoms with Crippen molar-refractivity contribution in [3.8, 4) is 5.69 Å². The maximum absolute atomic E-state index is 12.7. The summed E-state index contributed by atoms with van der Waals surface area (Å²) in [4.78, 5) is 60.9. The molecular formula is C16H11ClN2O6. The molecular weight excluding hydrogens is 352 g/mol. The number of fused-ring (bicyclic) bond motifs is 1. The Hall–Kier alpha value is -3.00. The molecule has 1 aromatic carbocycles. The zero-order valence-corrected chi connectivity index (χ0v) is 13.6. The molecule has 2 aromatic rings. The SMILES string of the molecule is Cn1c2c(c(=O)n(-c3ccc(Cl)cc3)c1=O)C(=O)C(C(=O)O)C(=O)C2. The van der Waals surface area contributed by atoms with Crippen LogP contribution in [0.3, 0.4) is 0 Å². The Morgan fingerprint density at radius 3 is 2.32 bits per heavy atom. The highest BCUT2D eigenvalue weighted by atomic mass is 35.5. The predicted octanol–water partition coefficient (Wildman–Crippen LogP) is 0.198. The second-order valence-corrected chi connectivity index (χ2v) is 6.00. The van der Waals surface area contributed by atoms with Gasteiger partial charge in [0.1, 0.15) is 5.56 Å². The van der Waals surface area contributed by atoms with Crippen molar-refractivity contribution in [2.75, 3.05) is 0 Å². The molecule has 1 N–H and O–H groups in total. The summed E-state index contributed by atoms with van der Waals surface area (Å²) in [5.41, 5.74) is -2.06. The van der Waals surface area contributed by atoms with Crippen LogP contribution in [0.25, 0.3) is 5.69 Å². The molecule has 0 aliphatic heterocycles. The van der Waals surface area contributed by atoms with E-state index in [9.17, 15) is 24.0 Å². The Labute approximate surface area is 144 Å². The molecule has 0 bridgehead atoms. The summed E-state index contributed by atoms with van der Waals surface area (Å²) in [5.74, 6) is -5.52. The lowest BCUT2D eigenvalue weighted by molar-refractivity contribution is -0.144. The van der Waals surface area contributed by atoms with Crippen molar-refractivity contribution >= 4 is 29.1 Å². The normalized spacial score (nSPS) is 16.6. The van der Waals surface area contributed by atoms with Gasteiger partial charge in [-0.2, -0.15) is 0 Å². The first-order valence-corrected chi connectivity index (χ1v) is 7.52. The van der Waals surface area contributed by atoms with E-state index in [4.69, 9.17) is 16.7 Å². The summed E-state index contributed by atoms with van der Waals surface area (Å²) in [6.07, 6.45) is -0.472. The van der Waals surface area contributed by atoms with Crippen LogP contribution in [-0.2, 0) is 23.1 Å². The topological polar surface area (TPSA) is 115 Å². The molecule has 0 spiro atoms. The lowest BCUT2D eigenvalue weighted by Crippen LogP contribution is -2.49. The Morgan fingerprint density at radius 1 is 1.16 bits per heavy atom. The standard InChI is InChI=1S/C16H11ClN2O6/c1-18-9-6-10(20)12(15(23)24)13(21)11(9)14(22)19(16(18)25)8-4-2-7(17)3-5-8/h2-5,12H,6H2,1H3,(H,23,24). The van der Waals surface area contributed by atoms with Gasteiger partial charge in [0.25, 0.3) is 5.56 Å². The quantitative estimate of drug-likeness (QED) is 0.763. The van der Waals surface area contributed by atoms with Crippen molar-refractivity contribution in [1.82, 2.24) is 9.13 Å². The number of hydrogen-bond donors (Lipinski definition) is 1. The van der Waals surface area contributed by atoms with Crippen molar-refractivity contribution in [1.29, 1.82) is 0 Å². The van der Waals surface area contributed by atoms with Gasteiger partial charge in [0.2, 0.25) is 0 Å². The molecule has 8 nitrogen and oxygen atoms in total. The minimum atomic E-state index is -1.93. The summed E-state index contributed by atoms with van der Waals surface area (Å²) in [5, 5.41) is 9.49. The highest BCUT2D eigenvalue weighted by Crippen LogP contribution is 2.21. The molecule has 1 unspecified atom stereocenters. The number of aromatic nitrogens is 2. The number of hydrogen-bond acceptors (Lipinski definition) is 5. The molecule has 1 aliphatic rings. The number of ketones is 2. The number of carbonyl (C=O) groups is 3. The number of halogens is 1. The van der Waals surface area contributed by atoms with E-state index >= 15 is 0 Å². The molecule has 25 heavy (non-hydrogen) atoms. The number of carboxylic acids is 1. The van der Waals surface area contributed by atoms with E-state index in [0.717, 1.165) is 9.13 Å². The Kier molecular flexibility index (Phi) is 3.92. The summed E-state index contributed by atoms with van der Waals surface area (Å²) in [6.45, 7) is 0. The zero-order chi connectivity index (χ0) is 18.5. The molecule has 1 heterocycles. The molecule has 3 rings (SSSR count). The van der Waals surface area contributed by atoms with Crippen LogP contribution in [0.5, 0.6) is 0 Å². The Bertz CT molecular complexity index is 1050. The molecule has 0 fully saturated rings. The van der Waals surface area contributed by atoms with Crippen LogP contribution in [0, 0.1) is 5.92 Å². The lowest BCUT2D eigenvalue weighted by atomic mass is 9.84. The number of nitrogens with zero attached hydrogens (tertiary/aromatic N) is 2. The van der Waals surface area contributed by atoms with Crippen LogP contribution < -0.4 is 11.2 Å². The molecule has 0 amide bonds. The van der Waals surface area contributed by atoms with Gasteiger partial charge in [-0.25, -0.2) is 9.36 Å². The van der Waals surface area contributed by atoms with Crippen LogP contribution in [-0.4, -0.2) is 31.8 Å². The second kappa shape index (κ2) is 5.82. The smallest absolute Gasteiger partial charge is 0.335 e. The summed E-state index contributed by atoms with van der Waals surface area (Å²) in [6, 6.07) is 5.77. The van der Waals surface area contributed by atoms with Gasteiger partial charge in [-0.1, -0.05) is 11.6 Å². The van der Waals surface area contributed by atoms with Crippen LogP contribution in [0.1, 0.15) is 16.1 Å². The first kappa shape index (κ1) is 16.8. The average Bonchev–Trinajstić information content (AvgIpc) is 2.53. The van der Waals surface area contributed by atoms with Crippen LogP contribution in [0.15, 0.2) is 33.9 Å². The third-order valence-electron chi connectivity index (χ3n) is 4.09. The Balaban J connectivity index is 2.35. The van der Waals surface area contributed by atoms with E-state index in [-0.39, 0.29) is 11.4 Å². The Morgan fingerprint density at radius 2 is 1.76 bits per heavy atom. The zero-order valence-electron chi connectivity index (χ0n) is 12.9. The van der Waals surface area contributed by atoms with Crippen LogP contribution >= 0.6 is 11.6 Å². The third kappa shape index (κ3) is 2.51. The number of aliphatic carboxylic acids is 1. The van der Waals surface area contributed by atoms with Gasteiger partial charge in [-0.05, 0) is 24.3 Å².